The molecule has 1 aromatic rings. The highest BCUT2D eigenvalue weighted by atomic mass is 79.9. The van der Waals surface area contributed by atoms with Crippen molar-refractivity contribution in [2.24, 2.45) is 0 Å². The van der Waals surface area contributed by atoms with Gasteiger partial charge in [0, 0.05) is 28.1 Å². The molecule has 2 nitrogen and oxygen atoms in total. The maximum absolute atomic E-state index is 13.2. The summed E-state index contributed by atoms with van der Waals surface area (Å²) in [6.45, 7) is 5.66. The van der Waals surface area contributed by atoms with Gasteiger partial charge in [-0.25, -0.2) is 4.39 Å². The van der Waals surface area contributed by atoms with Crippen LogP contribution in [0.15, 0.2) is 22.7 Å². The minimum absolute atomic E-state index is 0.0969. The fourth-order valence-corrected chi connectivity index (χ4v) is 3.92. The lowest BCUT2D eigenvalue weighted by Crippen LogP contribution is -2.44. The Balaban J connectivity index is 2.22. The van der Waals surface area contributed by atoms with Crippen LogP contribution in [0.2, 0.25) is 0 Å². The van der Waals surface area contributed by atoms with Crippen LogP contribution in [0.3, 0.4) is 0 Å². The zero-order valence-corrected chi connectivity index (χ0v) is 12.7. The van der Waals surface area contributed by atoms with Crippen molar-refractivity contribution in [1.82, 2.24) is 4.90 Å². The van der Waals surface area contributed by atoms with Crippen LogP contribution in [-0.4, -0.2) is 34.4 Å². The fourth-order valence-electron chi connectivity index (χ4n) is 2.18. The topological polar surface area (TPSA) is 20.3 Å². The number of carbonyl (C=O) groups is 1. The van der Waals surface area contributed by atoms with Crippen LogP contribution in [0.25, 0.3) is 0 Å². The molecule has 5 heteroatoms. The summed E-state index contributed by atoms with van der Waals surface area (Å²) in [5, 5.41) is 0.843. The molecule has 0 spiro atoms. The predicted octanol–water partition coefficient (Wildman–Crippen LogP) is 3.55. The van der Waals surface area contributed by atoms with Crippen molar-refractivity contribution < 1.29 is 9.18 Å². The number of carbonyl (C=O) groups excluding carboxylic acids is 1. The van der Waals surface area contributed by atoms with Crippen LogP contribution >= 0.6 is 27.7 Å². The lowest BCUT2D eigenvalue weighted by atomic mass is 10.1. The van der Waals surface area contributed by atoms with Gasteiger partial charge in [0.05, 0.1) is 5.56 Å². The largest absolute Gasteiger partial charge is 0.336 e. The lowest BCUT2D eigenvalue weighted by molar-refractivity contribution is 0.0752. The van der Waals surface area contributed by atoms with Crippen LogP contribution in [-0.2, 0) is 0 Å². The first-order valence-corrected chi connectivity index (χ1v) is 7.60. The Labute approximate surface area is 119 Å². The predicted molar refractivity (Wildman–Crippen MR) is 76.5 cm³/mol. The second kappa shape index (κ2) is 5.61. The zero-order valence-electron chi connectivity index (χ0n) is 10.3. The molecule has 2 unspecified atom stereocenters. The smallest absolute Gasteiger partial charge is 0.255 e. The van der Waals surface area contributed by atoms with Crippen molar-refractivity contribution in [2.75, 3.05) is 13.1 Å². The average molecular weight is 332 g/mol. The second-order valence-corrected chi connectivity index (χ2v) is 7.33. The van der Waals surface area contributed by atoms with E-state index in [0.717, 1.165) is 13.1 Å². The lowest BCUT2D eigenvalue weighted by Gasteiger charge is -2.34. The summed E-state index contributed by atoms with van der Waals surface area (Å²) < 4.78 is 13.9. The van der Waals surface area contributed by atoms with Gasteiger partial charge < -0.3 is 4.90 Å². The van der Waals surface area contributed by atoms with Gasteiger partial charge in [0.1, 0.15) is 5.82 Å². The third-order valence-corrected chi connectivity index (χ3v) is 4.78. The van der Waals surface area contributed by atoms with Crippen molar-refractivity contribution in [3.05, 3.63) is 34.1 Å². The minimum Gasteiger partial charge on any atom is -0.336 e. The Kier molecular flexibility index (Phi) is 4.33. The van der Waals surface area contributed by atoms with E-state index in [2.05, 4.69) is 29.8 Å². The zero-order chi connectivity index (χ0) is 13.3. The monoisotopic (exact) mass is 331 g/mol. The molecule has 1 heterocycles. The first-order chi connectivity index (χ1) is 8.47. The summed E-state index contributed by atoms with van der Waals surface area (Å²) in [5.41, 5.74) is 0.404. The standard InChI is InChI=1S/C13H15BrFNOS/c1-8-6-16(7-9(2)18-8)13(17)11-5-10(15)3-4-12(11)14/h3-5,8-9H,6-7H2,1-2H3. The number of hydrogen-bond acceptors (Lipinski definition) is 2. The Bertz CT molecular complexity index is 458. The van der Waals surface area contributed by atoms with Crippen molar-refractivity contribution >= 4 is 33.6 Å². The summed E-state index contributed by atoms with van der Waals surface area (Å²) >= 11 is 5.19. The molecular formula is C13H15BrFNOS. The Morgan fingerprint density at radius 2 is 2.00 bits per heavy atom. The summed E-state index contributed by atoms with van der Waals surface area (Å²) in [5.74, 6) is -0.477. The highest BCUT2D eigenvalue weighted by molar-refractivity contribution is 9.10. The van der Waals surface area contributed by atoms with E-state index >= 15 is 0 Å². The maximum atomic E-state index is 13.2. The summed E-state index contributed by atoms with van der Waals surface area (Å²) in [7, 11) is 0. The van der Waals surface area contributed by atoms with E-state index in [0.29, 0.717) is 20.5 Å². The van der Waals surface area contributed by atoms with Crippen LogP contribution in [0.4, 0.5) is 4.39 Å². The van der Waals surface area contributed by atoms with Gasteiger partial charge in [-0.3, -0.25) is 4.79 Å². The molecule has 0 N–H and O–H groups in total. The number of hydrogen-bond donors (Lipinski definition) is 0. The van der Waals surface area contributed by atoms with Crippen LogP contribution < -0.4 is 0 Å². The van der Waals surface area contributed by atoms with Gasteiger partial charge in [-0.2, -0.15) is 11.8 Å². The van der Waals surface area contributed by atoms with Gasteiger partial charge in [-0.1, -0.05) is 13.8 Å². The molecule has 0 radical (unpaired) electrons. The fraction of sp³-hybridized carbons (Fsp3) is 0.462. The number of thioether (sulfide) groups is 1. The summed E-state index contributed by atoms with van der Waals surface area (Å²) in [4.78, 5) is 14.2. The van der Waals surface area contributed by atoms with Gasteiger partial charge in [0.25, 0.3) is 5.91 Å². The molecule has 2 rings (SSSR count). The molecule has 1 aliphatic rings. The highest BCUT2D eigenvalue weighted by Gasteiger charge is 2.27. The molecule has 18 heavy (non-hydrogen) atoms. The first-order valence-electron chi connectivity index (χ1n) is 5.87. The molecule has 1 fully saturated rings. The molecule has 1 saturated heterocycles. The Hall–Kier alpha value is -0.550. The number of benzene rings is 1. The molecule has 0 aliphatic carbocycles. The molecule has 0 saturated carbocycles. The van der Waals surface area contributed by atoms with Crippen molar-refractivity contribution in [3.63, 3.8) is 0 Å². The number of amides is 1. The van der Waals surface area contributed by atoms with Gasteiger partial charge >= 0.3 is 0 Å². The molecule has 1 amide bonds. The van der Waals surface area contributed by atoms with E-state index in [4.69, 9.17) is 0 Å². The number of nitrogens with zero attached hydrogens (tertiary/aromatic N) is 1. The van der Waals surface area contributed by atoms with Crippen molar-refractivity contribution in [3.8, 4) is 0 Å². The Morgan fingerprint density at radius 1 is 1.39 bits per heavy atom. The summed E-state index contributed by atoms with van der Waals surface area (Å²) in [6.07, 6.45) is 0. The molecule has 0 bridgehead atoms. The maximum Gasteiger partial charge on any atom is 0.255 e. The molecular weight excluding hydrogens is 317 g/mol. The highest BCUT2D eigenvalue weighted by Crippen LogP contribution is 2.27. The normalized spacial score (nSPS) is 24.1. The third-order valence-electron chi connectivity index (χ3n) is 2.87. The quantitative estimate of drug-likeness (QED) is 0.784. The average Bonchev–Trinajstić information content (AvgIpc) is 2.30. The SMILES string of the molecule is CC1CN(C(=O)c2cc(F)ccc2Br)CC(C)S1. The van der Waals surface area contributed by atoms with E-state index in [1.807, 2.05) is 16.7 Å². The van der Waals surface area contributed by atoms with E-state index in [1.54, 1.807) is 6.07 Å². The van der Waals surface area contributed by atoms with E-state index < -0.39 is 0 Å². The van der Waals surface area contributed by atoms with Gasteiger partial charge in [0.2, 0.25) is 0 Å². The van der Waals surface area contributed by atoms with Gasteiger partial charge in [-0.05, 0) is 34.1 Å². The van der Waals surface area contributed by atoms with E-state index in [9.17, 15) is 9.18 Å². The van der Waals surface area contributed by atoms with E-state index in [1.165, 1.54) is 12.1 Å². The van der Waals surface area contributed by atoms with Gasteiger partial charge in [-0.15, -0.1) is 0 Å². The van der Waals surface area contributed by atoms with Crippen LogP contribution in [0, 0.1) is 5.82 Å². The first kappa shape index (κ1) is 13.9. The number of rotatable bonds is 1. The molecule has 1 aromatic carbocycles. The summed E-state index contributed by atoms with van der Waals surface area (Å²) in [6, 6.07) is 4.22. The Morgan fingerprint density at radius 3 is 2.61 bits per heavy atom. The minimum atomic E-state index is -0.381. The molecule has 0 aromatic heterocycles. The molecule has 98 valence electrons. The van der Waals surface area contributed by atoms with Crippen LogP contribution in [0.5, 0.6) is 0 Å². The number of halogens is 2. The van der Waals surface area contributed by atoms with Crippen molar-refractivity contribution in [2.45, 2.75) is 24.3 Å². The second-order valence-electron chi connectivity index (χ2n) is 4.59. The molecule has 2 atom stereocenters. The van der Waals surface area contributed by atoms with Crippen LogP contribution in [0.1, 0.15) is 24.2 Å². The van der Waals surface area contributed by atoms with Gasteiger partial charge in [0.15, 0.2) is 0 Å². The van der Waals surface area contributed by atoms with Crippen molar-refractivity contribution in [1.29, 1.82) is 0 Å². The third kappa shape index (κ3) is 3.06. The van der Waals surface area contributed by atoms with E-state index in [-0.39, 0.29) is 11.7 Å². The molecule has 1 aliphatic heterocycles.